The Morgan fingerprint density at radius 1 is 1.28 bits per heavy atom. The highest BCUT2D eigenvalue weighted by Crippen LogP contribution is 2.12. The van der Waals surface area contributed by atoms with E-state index in [-0.39, 0.29) is 18.3 Å². The molecule has 0 amide bonds. The van der Waals surface area contributed by atoms with Gasteiger partial charge in [-0.15, -0.1) is 0 Å². The zero-order chi connectivity index (χ0) is 13.6. The van der Waals surface area contributed by atoms with Gasteiger partial charge in [0, 0.05) is 11.3 Å². The van der Waals surface area contributed by atoms with Crippen LogP contribution >= 0.6 is 0 Å². The molecule has 1 aromatic carbocycles. The molecule has 0 heterocycles. The summed E-state index contributed by atoms with van der Waals surface area (Å²) in [7, 11) is -3.29. The van der Waals surface area contributed by atoms with Gasteiger partial charge in [-0.05, 0) is 30.2 Å². The first-order valence-corrected chi connectivity index (χ1v) is 7.28. The molecule has 98 valence electrons. The van der Waals surface area contributed by atoms with E-state index in [9.17, 15) is 8.42 Å². The fraction of sp³-hybridized carbons (Fsp3) is 0.385. The van der Waals surface area contributed by atoms with E-state index in [0.29, 0.717) is 5.69 Å². The van der Waals surface area contributed by atoms with Crippen LogP contribution in [0.1, 0.15) is 19.4 Å². The third kappa shape index (κ3) is 5.21. The molecule has 1 aromatic rings. The van der Waals surface area contributed by atoms with Gasteiger partial charge in [0.1, 0.15) is 6.61 Å². The molecule has 0 bridgehead atoms. The van der Waals surface area contributed by atoms with Crippen LogP contribution < -0.4 is 4.72 Å². The van der Waals surface area contributed by atoms with Gasteiger partial charge in [0.25, 0.3) is 0 Å². The molecule has 0 spiro atoms. The second-order valence-corrected chi connectivity index (χ2v) is 6.08. The van der Waals surface area contributed by atoms with Gasteiger partial charge in [0.2, 0.25) is 10.0 Å². The summed E-state index contributed by atoms with van der Waals surface area (Å²) in [4.78, 5) is 0. The van der Waals surface area contributed by atoms with E-state index in [2.05, 4.69) is 16.6 Å². The largest absolute Gasteiger partial charge is 0.384 e. The lowest BCUT2D eigenvalue weighted by molar-refractivity contribution is 0.350. The van der Waals surface area contributed by atoms with Crippen molar-refractivity contribution < 1.29 is 13.5 Å². The van der Waals surface area contributed by atoms with Crippen molar-refractivity contribution in [3.8, 4) is 11.8 Å². The summed E-state index contributed by atoms with van der Waals surface area (Å²) in [6.07, 6.45) is 0. The van der Waals surface area contributed by atoms with Crippen molar-refractivity contribution in [3.05, 3.63) is 29.8 Å². The Hall–Kier alpha value is -1.51. The molecule has 0 aromatic heterocycles. The normalized spacial score (nSPS) is 10.9. The third-order valence-corrected chi connectivity index (χ3v) is 3.67. The summed E-state index contributed by atoms with van der Waals surface area (Å²) in [6, 6.07) is 6.71. The van der Waals surface area contributed by atoms with Crippen LogP contribution in [0.15, 0.2) is 24.3 Å². The van der Waals surface area contributed by atoms with Crippen molar-refractivity contribution in [3.63, 3.8) is 0 Å². The summed E-state index contributed by atoms with van der Waals surface area (Å²) < 4.78 is 25.9. The highest BCUT2D eigenvalue weighted by Gasteiger charge is 2.12. The number of nitrogens with one attached hydrogen (secondary N) is 1. The molecule has 0 saturated carbocycles. The number of hydrogen-bond donors (Lipinski definition) is 2. The van der Waals surface area contributed by atoms with E-state index in [1.165, 1.54) is 0 Å². The molecule has 1 rings (SSSR count). The van der Waals surface area contributed by atoms with Crippen LogP contribution in [0, 0.1) is 17.8 Å². The molecular weight excluding hydrogens is 250 g/mol. The first kappa shape index (κ1) is 14.6. The number of aliphatic hydroxyl groups excluding tert-OH is 1. The highest BCUT2D eigenvalue weighted by molar-refractivity contribution is 7.92. The van der Waals surface area contributed by atoms with Gasteiger partial charge in [-0.1, -0.05) is 25.7 Å². The summed E-state index contributed by atoms with van der Waals surface area (Å²) in [5, 5.41) is 8.55. The average molecular weight is 267 g/mol. The summed E-state index contributed by atoms with van der Waals surface area (Å²) >= 11 is 0. The van der Waals surface area contributed by atoms with Gasteiger partial charge in [-0.25, -0.2) is 8.42 Å². The van der Waals surface area contributed by atoms with Crippen molar-refractivity contribution in [2.24, 2.45) is 5.92 Å². The quantitative estimate of drug-likeness (QED) is 0.811. The van der Waals surface area contributed by atoms with E-state index in [1.807, 2.05) is 13.8 Å². The van der Waals surface area contributed by atoms with Gasteiger partial charge in [0.15, 0.2) is 0 Å². The van der Waals surface area contributed by atoms with Crippen molar-refractivity contribution >= 4 is 15.7 Å². The lowest BCUT2D eigenvalue weighted by Crippen LogP contribution is -2.19. The fourth-order valence-corrected chi connectivity index (χ4v) is 2.88. The number of aliphatic hydroxyl groups is 1. The van der Waals surface area contributed by atoms with E-state index in [4.69, 9.17) is 5.11 Å². The van der Waals surface area contributed by atoms with Crippen LogP contribution in [-0.4, -0.2) is 25.9 Å². The molecule has 2 N–H and O–H groups in total. The molecule has 0 unspecified atom stereocenters. The molecule has 0 aliphatic heterocycles. The fourth-order valence-electron chi connectivity index (χ4n) is 1.42. The lowest BCUT2D eigenvalue weighted by atomic mass is 10.2. The predicted molar refractivity (Wildman–Crippen MR) is 72.7 cm³/mol. The van der Waals surface area contributed by atoms with Crippen molar-refractivity contribution in [2.75, 3.05) is 17.1 Å². The van der Waals surface area contributed by atoms with Gasteiger partial charge in [0.05, 0.1) is 5.75 Å². The molecule has 0 radical (unpaired) electrons. The molecule has 0 fully saturated rings. The third-order valence-electron chi connectivity index (χ3n) is 2.02. The molecule has 0 saturated heterocycles. The van der Waals surface area contributed by atoms with Gasteiger partial charge >= 0.3 is 0 Å². The van der Waals surface area contributed by atoms with Crippen LogP contribution in [-0.2, 0) is 10.0 Å². The molecule has 0 atom stereocenters. The number of rotatable bonds is 4. The second kappa shape index (κ2) is 6.43. The smallest absolute Gasteiger partial charge is 0.232 e. The zero-order valence-electron chi connectivity index (χ0n) is 10.5. The molecule has 5 heteroatoms. The molecule has 4 nitrogen and oxygen atoms in total. The molecule has 0 aliphatic rings. The lowest BCUT2D eigenvalue weighted by Gasteiger charge is -2.09. The highest BCUT2D eigenvalue weighted by atomic mass is 32.2. The van der Waals surface area contributed by atoms with Crippen molar-refractivity contribution in [1.82, 2.24) is 0 Å². The average Bonchev–Trinajstić information content (AvgIpc) is 2.26. The minimum atomic E-state index is -3.29. The number of benzene rings is 1. The van der Waals surface area contributed by atoms with Crippen molar-refractivity contribution in [2.45, 2.75) is 13.8 Å². The summed E-state index contributed by atoms with van der Waals surface area (Å²) in [5.41, 5.74) is 1.25. The first-order valence-electron chi connectivity index (χ1n) is 5.63. The number of anilines is 1. The minimum absolute atomic E-state index is 0.0807. The molecule has 0 aliphatic carbocycles. The van der Waals surface area contributed by atoms with E-state index in [0.717, 1.165) is 5.56 Å². The Labute approximate surface area is 108 Å². The second-order valence-electron chi connectivity index (χ2n) is 4.31. The molecule has 18 heavy (non-hydrogen) atoms. The van der Waals surface area contributed by atoms with Gasteiger partial charge < -0.3 is 5.11 Å². The predicted octanol–water partition coefficient (Wildman–Crippen LogP) is 1.43. The van der Waals surface area contributed by atoms with Crippen LogP contribution in [0.2, 0.25) is 0 Å². The van der Waals surface area contributed by atoms with Crippen LogP contribution in [0.3, 0.4) is 0 Å². The SMILES string of the molecule is CC(C)CS(=O)(=O)Nc1ccc(C#CCO)cc1. The Morgan fingerprint density at radius 2 is 1.89 bits per heavy atom. The standard InChI is InChI=1S/C13H17NO3S/c1-11(2)10-18(16,17)14-13-7-5-12(6-8-13)4-3-9-15/h5-8,11,14-15H,9-10H2,1-2H3. The van der Waals surface area contributed by atoms with Crippen molar-refractivity contribution in [1.29, 1.82) is 0 Å². The maximum Gasteiger partial charge on any atom is 0.232 e. The van der Waals surface area contributed by atoms with Crippen LogP contribution in [0.4, 0.5) is 5.69 Å². The number of sulfonamides is 1. The Bertz CT molecular complexity index is 536. The molecular formula is C13H17NO3S. The Balaban J connectivity index is 2.75. The van der Waals surface area contributed by atoms with E-state index >= 15 is 0 Å². The summed E-state index contributed by atoms with van der Waals surface area (Å²) in [5.74, 6) is 5.44. The maximum absolute atomic E-state index is 11.7. The minimum Gasteiger partial charge on any atom is -0.384 e. The van der Waals surface area contributed by atoms with Crippen LogP contribution in [0.5, 0.6) is 0 Å². The number of hydrogen-bond acceptors (Lipinski definition) is 3. The monoisotopic (exact) mass is 267 g/mol. The maximum atomic E-state index is 11.7. The first-order chi connectivity index (χ1) is 8.43. The summed E-state index contributed by atoms with van der Waals surface area (Å²) in [6.45, 7) is 3.52. The van der Waals surface area contributed by atoms with Gasteiger partial charge in [-0.2, -0.15) is 0 Å². The van der Waals surface area contributed by atoms with Gasteiger partial charge in [-0.3, -0.25) is 4.72 Å². The topological polar surface area (TPSA) is 66.4 Å². The van der Waals surface area contributed by atoms with Crippen LogP contribution in [0.25, 0.3) is 0 Å². The Morgan fingerprint density at radius 3 is 2.39 bits per heavy atom. The van der Waals surface area contributed by atoms with E-state index < -0.39 is 10.0 Å². The zero-order valence-corrected chi connectivity index (χ0v) is 11.3. The Kier molecular flexibility index (Phi) is 5.20. The van der Waals surface area contributed by atoms with E-state index in [1.54, 1.807) is 24.3 Å².